The second kappa shape index (κ2) is 3.55. The Morgan fingerprint density at radius 3 is 2.55 bits per heavy atom. The fraction of sp³-hybridized carbons (Fsp3) is 0.889. The second-order valence-electron chi connectivity index (χ2n) is 3.54. The Morgan fingerprint density at radius 1 is 1.27 bits per heavy atom. The quantitative estimate of drug-likeness (QED) is 0.586. The van der Waals surface area contributed by atoms with Gasteiger partial charge in [-0.2, -0.15) is 0 Å². The number of rotatable bonds is 2. The maximum atomic E-state index is 5.28. The van der Waals surface area contributed by atoms with Crippen LogP contribution in [0, 0.1) is 12.3 Å². The molecule has 1 saturated heterocycles. The van der Waals surface area contributed by atoms with Crippen LogP contribution in [0.1, 0.15) is 12.8 Å². The van der Waals surface area contributed by atoms with Crippen molar-refractivity contribution in [3.8, 4) is 0 Å². The van der Waals surface area contributed by atoms with E-state index in [0.717, 1.165) is 32.2 Å². The lowest BCUT2D eigenvalue weighted by Gasteiger charge is -2.34. The largest absolute Gasteiger partial charge is 0.379 e. The Labute approximate surface area is 68.5 Å². The Balaban J connectivity index is 1.67. The predicted octanol–water partition coefficient (Wildman–Crippen LogP) is 0.933. The molecule has 1 heterocycles. The molecule has 2 heteroatoms. The molecule has 0 bridgehead atoms. The number of morpholine rings is 1. The van der Waals surface area contributed by atoms with Gasteiger partial charge in [-0.25, -0.2) is 0 Å². The van der Waals surface area contributed by atoms with Crippen molar-refractivity contribution >= 4 is 0 Å². The van der Waals surface area contributed by atoms with Gasteiger partial charge in [0, 0.05) is 19.6 Å². The molecular weight excluding hydrogens is 138 g/mol. The highest BCUT2D eigenvalue weighted by Gasteiger charge is 2.21. The van der Waals surface area contributed by atoms with Gasteiger partial charge in [0.1, 0.15) is 0 Å². The van der Waals surface area contributed by atoms with E-state index in [1.807, 2.05) is 0 Å². The van der Waals surface area contributed by atoms with Crippen LogP contribution in [0.15, 0.2) is 0 Å². The van der Waals surface area contributed by atoms with Crippen molar-refractivity contribution in [2.45, 2.75) is 12.8 Å². The molecular formula is C9H16NO. The van der Waals surface area contributed by atoms with Gasteiger partial charge in [-0.15, -0.1) is 0 Å². The van der Waals surface area contributed by atoms with Gasteiger partial charge in [0.2, 0.25) is 0 Å². The average molecular weight is 154 g/mol. The molecule has 1 aliphatic carbocycles. The third kappa shape index (κ3) is 1.94. The van der Waals surface area contributed by atoms with E-state index >= 15 is 0 Å². The third-order valence-corrected chi connectivity index (χ3v) is 2.62. The fourth-order valence-electron chi connectivity index (χ4n) is 1.70. The molecule has 2 aliphatic rings. The molecule has 0 aromatic carbocycles. The van der Waals surface area contributed by atoms with Gasteiger partial charge in [-0.3, -0.25) is 4.90 Å². The van der Waals surface area contributed by atoms with Gasteiger partial charge >= 0.3 is 0 Å². The number of hydrogen-bond donors (Lipinski definition) is 0. The molecule has 0 atom stereocenters. The molecule has 63 valence electrons. The van der Waals surface area contributed by atoms with E-state index in [9.17, 15) is 0 Å². The summed E-state index contributed by atoms with van der Waals surface area (Å²) in [4.78, 5) is 2.53. The van der Waals surface area contributed by atoms with Gasteiger partial charge in [0.25, 0.3) is 0 Å². The highest BCUT2D eigenvalue weighted by Crippen LogP contribution is 2.26. The van der Waals surface area contributed by atoms with Gasteiger partial charge in [0.15, 0.2) is 0 Å². The molecule has 2 nitrogen and oxygen atoms in total. The number of ether oxygens (including phenoxy) is 1. The van der Waals surface area contributed by atoms with Gasteiger partial charge in [0.05, 0.1) is 13.2 Å². The van der Waals surface area contributed by atoms with Crippen molar-refractivity contribution in [3.63, 3.8) is 0 Å². The zero-order valence-corrected chi connectivity index (χ0v) is 6.96. The summed E-state index contributed by atoms with van der Waals surface area (Å²) in [5.74, 6) is 0.966. The highest BCUT2D eigenvalue weighted by molar-refractivity contribution is 4.87. The van der Waals surface area contributed by atoms with Crippen LogP contribution in [-0.4, -0.2) is 37.7 Å². The summed E-state index contributed by atoms with van der Waals surface area (Å²) < 4.78 is 5.28. The van der Waals surface area contributed by atoms with Crippen molar-refractivity contribution in [2.24, 2.45) is 5.92 Å². The molecule has 0 aromatic rings. The molecule has 0 aromatic heterocycles. The molecule has 1 aliphatic heterocycles. The van der Waals surface area contributed by atoms with E-state index in [2.05, 4.69) is 11.3 Å². The maximum Gasteiger partial charge on any atom is 0.0594 e. The number of hydrogen-bond acceptors (Lipinski definition) is 2. The van der Waals surface area contributed by atoms with Crippen LogP contribution < -0.4 is 0 Å². The molecule has 0 N–H and O–H groups in total. The van der Waals surface area contributed by atoms with E-state index < -0.39 is 0 Å². The summed E-state index contributed by atoms with van der Waals surface area (Å²) in [6, 6.07) is 0. The summed E-state index contributed by atoms with van der Waals surface area (Å²) in [5.41, 5.74) is 0. The molecule has 0 spiro atoms. The normalized spacial score (nSPS) is 28.4. The van der Waals surface area contributed by atoms with Crippen molar-refractivity contribution in [2.75, 3.05) is 32.8 Å². The van der Waals surface area contributed by atoms with Crippen molar-refractivity contribution in [1.82, 2.24) is 4.90 Å². The van der Waals surface area contributed by atoms with Crippen LogP contribution in [0.5, 0.6) is 0 Å². The van der Waals surface area contributed by atoms with E-state index in [0.29, 0.717) is 0 Å². The molecule has 1 saturated carbocycles. The number of nitrogens with zero attached hydrogens (tertiary/aromatic N) is 1. The second-order valence-corrected chi connectivity index (χ2v) is 3.54. The fourth-order valence-corrected chi connectivity index (χ4v) is 1.70. The lowest BCUT2D eigenvalue weighted by Crippen LogP contribution is -2.40. The standard InChI is InChI=1S/C9H16NO/c1-2-9(3-1)8-10-4-6-11-7-5-10/h1,9H,2-8H2. The van der Waals surface area contributed by atoms with Crippen molar-refractivity contribution in [3.05, 3.63) is 6.42 Å². The summed E-state index contributed by atoms with van der Waals surface area (Å²) in [5, 5.41) is 0. The van der Waals surface area contributed by atoms with Crippen LogP contribution in [0.3, 0.4) is 0 Å². The lowest BCUT2D eigenvalue weighted by atomic mass is 9.85. The van der Waals surface area contributed by atoms with Crippen LogP contribution in [-0.2, 0) is 4.74 Å². The molecule has 0 unspecified atom stereocenters. The van der Waals surface area contributed by atoms with Gasteiger partial charge < -0.3 is 4.74 Å². The van der Waals surface area contributed by atoms with Crippen LogP contribution in [0.4, 0.5) is 0 Å². The van der Waals surface area contributed by atoms with E-state index in [4.69, 9.17) is 4.74 Å². The first-order chi connectivity index (χ1) is 5.45. The first kappa shape index (κ1) is 7.56. The Bertz CT molecular complexity index is 117. The van der Waals surface area contributed by atoms with Crippen LogP contribution in [0.2, 0.25) is 0 Å². The van der Waals surface area contributed by atoms with Crippen LogP contribution >= 0.6 is 0 Å². The SMILES string of the molecule is [CH]1CC(CN2CCOCC2)C1. The Morgan fingerprint density at radius 2 is 2.00 bits per heavy atom. The molecule has 1 radical (unpaired) electrons. The van der Waals surface area contributed by atoms with Crippen LogP contribution in [0.25, 0.3) is 0 Å². The van der Waals surface area contributed by atoms with Crippen molar-refractivity contribution < 1.29 is 4.74 Å². The van der Waals surface area contributed by atoms with E-state index in [1.165, 1.54) is 19.4 Å². The Kier molecular flexibility index (Phi) is 2.44. The van der Waals surface area contributed by atoms with Crippen molar-refractivity contribution in [1.29, 1.82) is 0 Å². The first-order valence-electron chi connectivity index (χ1n) is 4.57. The monoisotopic (exact) mass is 154 g/mol. The Hall–Kier alpha value is -0.0800. The molecule has 2 fully saturated rings. The minimum absolute atomic E-state index is 0.941. The first-order valence-corrected chi connectivity index (χ1v) is 4.57. The molecule has 0 amide bonds. The van der Waals surface area contributed by atoms with Gasteiger partial charge in [-0.05, 0) is 25.2 Å². The average Bonchev–Trinajstić information content (AvgIpc) is 1.99. The lowest BCUT2D eigenvalue weighted by molar-refractivity contribution is 0.0275. The minimum atomic E-state index is 0.941. The zero-order valence-electron chi connectivity index (χ0n) is 6.96. The molecule has 11 heavy (non-hydrogen) atoms. The maximum absolute atomic E-state index is 5.28. The smallest absolute Gasteiger partial charge is 0.0594 e. The summed E-state index contributed by atoms with van der Waals surface area (Å²) in [6.07, 6.45) is 5.07. The molecule has 2 rings (SSSR count). The summed E-state index contributed by atoms with van der Waals surface area (Å²) in [6.45, 7) is 5.49. The highest BCUT2D eigenvalue weighted by atomic mass is 16.5. The topological polar surface area (TPSA) is 12.5 Å². The predicted molar refractivity (Wildman–Crippen MR) is 44.3 cm³/mol. The zero-order chi connectivity index (χ0) is 7.52. The minimum Gasteiger partial charge on any atom is -0.379 e. The summed E-state index contributed by atoms with van der Waals surface area (Å²) in [7, 11) is 0. The van der Waals surface area contributed by atoms with Gasteiger partial charge in [-0.1, -0.05) is 0 Å². The van der Waals surface area contributed by atoms with E-state index in [-0.39, 0.29) is 0 Å². The van der Waals surface area contributed by atoms with E-state index in [1.54, 1.807) is 0 Å². The summed E-state index contributed by atoms with van der Waals surface area (Å²) >= 11 is 0. The third-order valence-electron chi connectivity index (χ3n) is 2.62.